The normalized spacial score (nSPS) is 11.4. The monoisotopic (exact) mass is 490 g/mol. The Hall–Kier alpha value is -3.12. The molecule has 0 saturated heterocycles. The molecule has 1 aromatic carbocycles. The number of aromatic nitrogens is 3. The summed E-state index contributed by atoms with van der Waals surface area (Å²) in [4.78, 5) is 29.0. The fourth-order valence-electron chi connectivity index (χ4n) is 3.05. The van der Waals surface area contributed by atoms with E-state index in [9.17, 15) is 18.0 Å². The van der Waals surface area contributed by atoms with E-state index in [1.807, 2.05) is 12.1 Å². The van der Waals surface area contributed by atoms with Gasteiger partial charge < -0.3 is 11.1 Å². The number of anilines is 1. The first-order valence-electron chi connectivity index (χ1n) is 9.96. The van der Waals surface area contributed by atoms with Gasteiger partial charge in [-0.15, -0.1) is 0 Å². The molecule has 2 aromatic heterocycles. The van der Waals surface area contributed by atoms with E-state index in [0.29, 0.717) is 12.0 Å². The zero-order chi connectivity index (χ0) is 24.0. The maximum Gasteiger partial charge on any atom is 0.273 e. The van der Waals surface area contributed by atoms with Crippen molar-refractivity contribution in [2.75, 3.05) is 11.9 Å². The van der Waals surface area contributed by atoms with Crippen LogP contribution in [0.25, 0.3) is 0 Å². The molecule has 2 heterocycles. The van der Waals surface area contributed by atoms with Crippen LogP contribution in [-0.2, 0) is 34.3 Å². The van der Waals surface area contributed by atoms with Crippen LogP contribution in [0.5, 0.6) is 0 Å². The molecule has 1 amide bonds. The molecule has 0 bridgehead atoms. The summed E-state index contributed by atoms with van der Waals surface area (Å²) < 4.78 is 29.1. The van der Waals surface area contributed by atoms with Crippen molar-refractivity contribution in [2.24, 2.45) is 5.73 Å². The highest BCUT2D eigenvalue weighted by molar-refractivity contribution is 7.89. The first kappa shape index (κ1) is 24.5. The lowest BCUT2D eigenvalue weighted by atomic mass is 10.2. The van der Waals surface area contributed by atoms with Gasteiger partial charge in [0.05, 0.1) is 21.7 Å². The van der Waals surface area contributed by atoms with Gasteiger partial charge in [-0.2, -0.15) is 5.10 Å². The second-order valence-corrected chi connectivity index (χ2v) is 9.28. The Morgan fingerprint density at radius 2 is 2.03 bits per heavy atom. The largest absolute Gasteiger partial charge is 0.326 e. The fraction of sp³-hybridized carbons (Fsp3) is 0.238. The van der Waals surface area contributed by atoms with Crippen LogP contribution < -0.4 is 21.3 Å². The van der Waals surface area contributed by atoms with Crippen molar-refractivity contribution < 1.29 is 13.2 Å². The molecule has 174 valence electrons. The van der Waals surface area contributed by atoms with Crippen molar-refractivity contribution in [3.05, 3.63) is 81.0 Å². The first-order valence-corrected chi connectivity index (χ1v) is 11.8. The molecule has 12 heteroatoms. The minimum absolute atomic E-state index is 0.0357. The molecule has 0 aliphatic rings. The van der Waals surface area contributed by atoms with Crippen LogP contribution in [0.3, 0.4) is 0 Å². The summed E-state index contributed by atoms with van der Waals surface area (Å²) in [5.41, 5.74) is 6.65. The lowest BCUT2D eigenvalue weighted by Crippen LogP contribution is -2.32. The summed E-state index contributed by atoms with van der Waals surface area (Å²) in [5, 5.41) is 6.56. The highest BCUT2D eigenvalue weighted by atomic mass is 35.5. The van der Waals surface area contributed by atoms with Crippen molar-refractivity contribution in [3.63, 3.8) is 0 Å². The Morgan fingerprint density at radius 1 is 1.24 bits per heavy atom. The smallest absolute Gasteiger partial charge is 0.273 e. The zero-order valence-electron chi connectivity index (χ0n) is 17.8. The van der Waals surface area contributed by atoms with Crippen LogP contribution in [0, 0.1) is 6.92 Å². The average molecular weight is 491 g/mol. The molecule has 0 unspecified atom stereocenters. The standard InChI is InChI=1S/C21H23ClN6O4S/c1-14-5-6-16(27-20(29)13-28-21(30)17(11-23)18(22)12-25-28)10-19(14)33(31,32)26-9-7-15-4-2-3-8-24-15/h2-6,8,10,12,26H,7,9,11,13,23H2,1H3,(H,27,29). The first-order chi connectivity index (χ1) is 15.7. The molecule has 0 aliphatic heterocycles. The highest BCUT2D eigenvalue weighted by Crippen LogP contribution is 2.20. The fourth-order valence-corrected chi connectivity index (χ4v) is 4.55. The predicted octanol–water partition coefficient (Wildman–Crippen LogP) is 1.22. The number of nitrogens with one attached hydrogen (secondary N) is 2. The average Bonchev–Trinajstić information content (AvgIpc) is 2.78. The Kier molecular flexibility index (Phi) is 7.92. The van der Waals surface area contributed by atoms with Gasteiger partial charge in [0, 0.05) is 37.1 Å². The molecule has 4 N–H and O–H groups in total. The summed E-state index contributed by atoms with van der Waals surface area (Å²) in [6.45, 7) is 1.35. The minimum atomic E-state index is -3.82. The number of carbonyl (C=O) groups is 1. The van der Waals surface area contributed by atoms with Gasteiger partial charge in [0.1, 0.15) is 6.54 Å². The number of nitrogens with zero attached hydrogens (tertiary/aromatic N) is 3. The molecule has 3 rings (SSSR count). The van der Waals surface area contributed by atoms with Crippen molar-refractivity contribution >= 4 is 33.2 Å². The topological polar surface area (TPSA) is 149 Å². The van der Waals surface area contributed by atoms with E-state index in [4.69, 9.17) is 17.3 Å². The van der Waals surface area contributed by atoms with E-state index >= 15 is 0 Å². The van der Waals surface area contributed by atoms with Crippen molar-refractivity contribution in [2.45, 2.75) is 31.3 Å². The molecule has 10 nitrogen and oxygen atoms in total. The van der Waals surface area contributed by atoms with Gasteiger partial charge in [-0.05, 0) is 36.8 Å². The number of pyridine rings is 1. The lowest BCUT2D eigenvalue weighted by molar-refractivity contribution is -0.117. The molecular formula is C21H23ClN6O4S. The second kappa shape index (κ2) is 10.7. The molecule has 3 aromatic rings. The number of hydrogen-bond acceptors (Lipinski definition) is 7. The summed E-state index contributed by atoms with van der Waals surface area (Å²) in [7, 11) is -3.82. The van der Waals surface area contributed by atoms with Crippen LogP contribution >= 0.6 is 11.6 Å². The SMILES string of the molecule is Cc1ccc(NC(=O)Cn2ncc(Cl)c(CN)c2=O)cc1S(=O)(=O)NCCc1ccccn1. The van der Waals surface area contributed by atoms with Gasteiger partial charge in [0.15, 0.2) is 0 Å². The molecule has 0 saturated carbocycles. The van der Waals surface area contributed by atoms with Crippen LogP contribution in [0.15, 0.2) is 58.5 Å². The second-order valence-electron chi connectivity index (χ2n) is 7.14. The van der Waals surface area contributed by atoms with Crippen molar-refractivity contribution in [1.29, 1.82) is 0 Å². The quantitative estimate of drug-likeness (QED) is 0.408. The predicted molar refractivity (Wildman–Crippen MR) is 124 cm³/mol. The molecule has 33 heavy (non-hydrogen) atoms. The van der Waals surface area contributed by atoms with Crippen LogP contribution in [0.2, 0.25) is 5.02 Å². The number of amides is 1. The number of sulfonamides is 1. The molecule has 0 radical (unpaired) electrons. The van der Waals surface area contributed by atoms with Crippen molar-refractivity contribution in [1.82, 2.24) is 19.5 Å². The van der Waals surface area contributed by atoms with Crippen LogP contribution in [0.1, 0.15) is 16.8 Å². The summed E-state index contributed by atoms with van der Waals surface area (Å²) in [5.74, 6) is -0.565. The Labute approximate surface area is 195 Å². The van der Waals surface area contributed by atoms with Gasteiger partial charge >= 0.3 is 0 Å². The number of halogens is 1. The Morgan fingerprint density at radius 3 is 2.73 bits per heavy atom. The third kappa shape index (κ3) is 6.23. The van der Waals surface area contributed by atoms with Crippen LogP contribution in [-0.4, -0.2) is 35.6 Å². The highest BCUT2D eigenvalue weighted by Gasteiger charge is 2.18. The minimum Gasteiger partial charge on any atom is -0.326 e. The molecular weight excluding hydrogens is 468 g/mol. The zero-order valence-corrected chi connectivity index (χ0v) is 19.4. The van der Waals surface area contributed by atoms with Gasteiger partial charge in [-0.1, -0.05) is 23.7 Å². The number of rotatable bonds is 9. The summed E-state index contributed by atoms with van der Waals surface area (Å²) in [6, 6.07) is 9.95. The lowest BCUT2D eigenvalue weighted by Gasteiger charge is -2.12. The van der Waals surface area contributed by atoms with E-state index in [0.717, 1.165) is 10.4 Å². The number of aryl methyl sites for hydroxylation is 1. The van der Waals surface area contributed by atoms with Crippen LogP contribution in [0.4, 0.5) is 5.69 Å². The summed E-state index contributed by atoms with van der Waals surface area (Å²) in [6.07, 6.45) is 3.32. The Bertz CT molecular complexity index is 1310. The Balaban J connectivity index is 1.70. The number of nitrogens with two attached hydrogens (primary N) is 1. The number of benzene rings is 1. The number of hydrogen-bond donors (Lipinski definition) is 3. The molecule has 0 atom stereocenters. The third-order valence-electron chi connectivity index (χ3n) is 4.75. The van der Waals surface area contributed by atoms with E-state index in [1.54, 1.807) is 31.3 Å². The third-order valence-corrected chi connectivity index (χ3v) is 6.68. The maximum absolute atomic E-state index is 12.8. The molecule has 0 spiro atoms. The van der Waals surface area contributed by atoms with E-state index in [1.165, 1.54) is 12.3 Å². The van der Waals surface area contributed by atoms with Gasteiger partial charge in [-0.3, -0.25) is 14.6 Å². The van der Waals surface area contributed by atoms with E-state index in [2.05, 4.69) is 20.1 Å². The molecule has 0 fully saturated rings. The van der Waals surface area contributed by atoms with E-state index < -0.39 is 21.5 Å². The van der Waals surface area contributed by atoms with Gasteiger partial charge in [-0.25, -0.2) is 17.8 Å². The summed E-state index contributed by atoms with van der Waals surface area (Å²) >= 11 is 5.89. The van der Waals surface area contributed by atoms with Gasteiger partial charge in [0.25, 0.3) is 5.56 Å². The van der Waals surface area contributed by atoms with Gasteiger partial charge in [0.2, 0.25) is 15.9 Å². The van der Waals surface area contributed by atoms with E-state index in [-0.39, 0.29) is 40.8 Å². The maximum atomic E-state index is 12.8. The molecule has 0 aliphatic carbocycles. The number of carbonyl (C=O) groups excluding carboxylic acids is 1. The van der Waals surface area contributed by atoms with Crippen molar-refractivity contribution in [3.8, 4) is 0 Å².